The molecule has 1 N–H and O–H groups in total. The molecule has 0 aromatic heterocycles. The molecule has 23 heavy (non-hydrogen) atoms. The maximum atomic E-state index is 13.7. The number of hydrogen-bond donors (Lipinski definition) is 1. The van der Waals surface area contributed by atoms with Gasteiger partial charge in [0.05, 0.1) is 12.2 Å². The molecular weight excluding hydrogens is 289 g/mol. The van der Waals surface area contributed by atoms with Gasteiger partial charge in [-0.2, -0.15) is 0 Å². The Morgan fingerprint density at radius 3 is 2.39 bits per heavy atom. The Kier molecular flexibility index (Phi) is 6.45. The Hall–Kier alpha value is -2.03. The number of nitrogens with one attached hydrogen (secondary N) is 1. The fourth-order valence-corrected chi connectivity index (χ4v) is 2.49. The summed E-state index contributed by atoms with van der Waals surface area (Å²) in [6.07, 6.45) is 1.93. The second-order valence-electron chi connectivity index (χ2n) is 5.86. The van der Waals surface area contributed by atoms with Crippen LogP contribution in [0.2, 0.25) is 0 Å². The molecule has 0 heterocycles. The summed E-state index contributed by atoms with van der Waals surface area (Å²) in [4.78, 5) is 0. The summed E-state index contributed by atoms with van der Waals surface area (Å²) in [6, 6.07) is 14.9. The van der Waals surface area contributed by atoms with E-state index in [0.29, 0.717) is 18.2 Å². The molecule has 124 valence electrons. The average Bonchev–Trinajstić information content (AvgIpc) is 2.59. The van der Waals surface area contributed by atoms with Crippen molar-refractivity contribution < 1.29 is 9.13 Å². The number of rotatable bonds is 8. The van der Waals surface area contributed by atoms with Crippen LogP contribution in [0.25, 0.3) is 0 Å². The number of anilines is 1. The zero-order valence-corrected chi connectivity index (χ0v) is 14.2. The molecule has 2 nitrogen and oxygen atoms in total. The van der Waals surface area contributed by atoms with Gasteiger partial charge in [0.1, 0.15) is 17.7 Å². The Labute approximate surface area is 138 Å². The van der Waals surface area contributed by atoms with Crippen molar-refractivity contribution in [3.05, 3.63) is 59.9 Å². The van der Waals surface area contributed by atoms with Gasteiger partial charge in [0, 0.05) is 0 Å². The fraction of sp³-hybridized carbons (Fsp3) is 0.400. The number of para-hydroxylation sites is 2. The lowest BCUT2D eigenvalue weighted by atomic mass is 9.98. The predicted octanol–water partition coefficient (Wildman–Crippen LogP) is 5.61. The van der Waals surface area contributed by atoms with Gasteiger partial charge in [-0.15, -0.1) is 0 Å². The maximum Gasteiger partial charge on any atom is 0.146 e. The summed E-state index contributed by atoms with van der Waals surface area (Å²) >= 11 is 0. The van der Waals surface area contributed by atoms with E-state index < -0.39 is 0 Å². The van der Waals surface area contributed by atoms with Gasteiger partial charge in [-0.25, -0.2) is 4.39 Å². The normalized spacial score (nSPS) is 13.4. The molecule has 0 aliphatic heterocycles. The second kappa shape index (κ2) is 8.56. The van der Waals surface area contributed by atoms with Crippen molar-refractivity contribution >= 4 is 5.69 Å². The Bertz CT molecular complexity index is 614. The van der Waals surface area contributed by atoms with Crippen LogP contribution < -0.4 is 10.1 Å². The third-order valence-electron chi connectivity index (χ3n) is 4.21. The molecule has 2 aromatic rings. The largest absolute Gasteiger partial charge is 0.488 e. The van der Waals surface area contributed by atoms with Crippen LogP contribution in [0.15, 0.2) is 48.5 Å². The van der Waals surface area contributed by atoms with Gasteiger partial charge in [0.25, 0.3) is 0 Å². The molecule has 0 aliphatic carbocycles. The quantitative estimate of drug-likeness (QED) is 0.683. The van der Waals surface area contributed by atoms with E-state index in [-0.39, 0.29) is 11.9 Å². The van der Waals surface area contributed by atoms with E-state index in [1.54, 1.807) is 12.1 Å². The highest BCUT2D eigenvalue weighted by Gasteiger charge is 2.14. The second-order valence-corrected chi connectivity index (χ2v) is 5.86. The highest BCUT2D eigenvalue weighted by molar-refractivity contribution is 5.44. The molecule has 2 unspecified atom stereocenters. The zero-order chi connectivity index (χ0) is 16.7. The fourth-order valence-electron chi connectivity index (χ4n) is 2.49. The van der Waals surface area contributed by atoms with Crippen LogP contribution in [0, 0.1) is 5.82 Å². The van der Waals surface area contributed by atoms with Crippen LogP contribution in [0.4, 0.5) is 10.1 Å². The van der Waals surface area contributed by atoms with Crippen molar-refractivity contribution in [2.45, 2.75) is 45.6 Å². The molecule has 0 bridgehead atoms. The predicted molar refractivity (Wildman–Crippen MR) is 94.7 cm³/mol. The van der Waals surface area contributed by atoms with E-state index in [2.05, 4.69) is 32.2 Å². The van der Waals surface area contributed by atoms with Gasteiger partial charge in [-0.3, -0.25) is 0 Å². The van der Waals surface area contributed by atoms with Crippen molar-refractivity contribution in [1.29, 1.82) is 0 Å². The zero-order valence-electron chi connectivity index (χ0n) is 14.2. The summed E-state index contributed by atoms with van der Waals surface area (Å²) in [5.74, 6) is 1.16. The van der Waals surface area contributed by atoms with Crippen LogP contribution in [0.3, 0.4) is 0 Å². The first-order chi connectivity index (χ1) is 11.2. The summed E-state index contributed by atoms with van der Waals surface area (Å²) in [5, 5.41) is 3.15. The van der Waals surface area contributed by atoms with Gasteiger partial charge in [0.15, 0.2) is 0 Å². The third kappa shape index (κ3) is 4.72. The first-order valence-corrected chi connectivity index (χ1v) is 8.39. The van der Waals surface area contributed by atoms with Crippen LogP contribution in [0.1, 0.15) is 45.1 Å². The van der Waals surface area contributed by atoms with Crippen LogP contribution in [0.5, 0.6) is 5.75 Å². The molecule has 0 amide bonds. The Balaban J connectivity index is 2.04. The molecule has 3 heteroatoms. The smallest absolute Gasteiger partial charge is 0.146 e. The van der Waals surface area contributed by atoms with E-state index >= 15 is 0 Å². The molecule has 2 aromatic carbocycles. The molecule has 0 aliphatic rings. The maximum absolute atomic E-state index is 13.7. The highest BCUT2D eigenvalue weighted by atomic mass is 19.1. The van der Waals surface area contributed by atoms with E-state index in [9.17, 15) is 4.39 Å². The van der Waals surface area contributed by atoms with Crippen molar-refractivity contribution in [3.63, 3.8) is 0 Å². The van der Waals surface area contributed by atoms with E-state index in [4.69, 9.17) is 4.74 Å². The monoisotopic (exact) mass is 315 g/mol. The van der Waals surface area contributed by atoms with Gasteiger partial charge in [0.2, 0.25) is 0 Å². The lowest BCUT2D eigenvalue weighted by Gasteiger charge is -2.22. The molecule has 0 saturated carbocycles. The summed E-state index contributed by atoms with van der Waals surface area (Å²) in [6.45, 7) is 7.05. The summed E-state index contributed by atoms with van der Waals surface area (Å²) < 4.78 is 19.9. The molecule has 0 fully saturated rings. The number of hydrogen-bond acceptors (Lipinski definition) is 2. The Morgan fingerprint density at radius 2 is 1.70 bits per heavy atom. The van der Waals surface area contributed by atoms with Crippen LogP contribution in [-0.4, -0.2) is 12.6 Å². The van der Waals surface area contributed by atoms with Crippen molar-refractivity contribution in [2.24, 2.45) is 0 Å². The van der Waals surface area contributed by atoms with Crippen molar-refractivity contribution in [1.82, 2.24) is 0 Å². The van der Waals surface area contributed by atoms with Crippen LogP contribution in [-0.2, 0) is 0 Å². The summed E-state index contributed by atoms with van der Waals surface area (Å²) in [7, 11) is 0. The van der Waals surface area contributed by atoms with Crippen molar-refractivity contribution in [2.75, 3.05) is 11.9 Å². The van der Waals surface area contributed by atoms with Gasteiger partial charge in [-0.05, 0) is 42.5 Å². The van der Waals surface area contributed by atoms with Gasteiger partial charge < -0.3 is 10.1 Å². The van der Waals surface area contributed by atoms with Gasteiger partial charge in [-0.1, -0.05) is 51.1 Å². The minimum absolute atomic E-state index is 0.000174. The van der Waals surface area contributed by atoms with E-state index in [0.717, 1.165) is 18.6 Å². The minimum Gasteiger partial charge on any atom is -0.488 e. The molecular formula is C20H26FNO. The minimum atomic E-state index is -0.234. The van der Waals surface area contributed by atoms with Gasteiger partial charge >= 0.3 is 0 Å². The van der Waals surface area contributed by atoms with Crippen LogP contribution >= 0.6 is 0 Å². The number of halogens is 1. The lowest BCUT2D eigenvalue weighted by molar-refractivity contribution is 0.207. The topological polar surface area (TPSA) is 21.3 Å². The molecule has 0 radical (unpaired) electrons. The molecule has 2 atom stereocenters. The number of ether oxygens (including phenoxy) is 1. The SMILES string of the molecule is CCC(CNc1ccccc1F)Oc1ccccc1C(C)CC. The molecule has 0 saturated heterocycles. The summed E-state index contributed by atoms with van der Waals surface area (Å²) in [5.41, 5.74) is 1.75. The Morgan fingerprint density at radius 1 is 1.00 bits per heavy atom. The first kappa shape index (κ1) is 17.3. The average molecular weight is 315 g/mol. The molecule has 0 spiro atoms. The highest BCUT2D eigenvalue weighted by Crippen LogP contribution is 2.29. The lowest BCUT2D eigenvalue weighted by Crippen LogP contribution is -2.26. The van der Waals surface area contributed by atoms with Crippen molar-refractivity contribution in [3.8, 4) is 5.75 Å². The standard InChI is InChI=1S/C20H26FNO/c1-4-15(3)17-10-6-9-13-20(17)23-16(5-2)14-22-19-12-8-7-11-18(19)21/h6-13,15-16,22H,4-5,14H2,1-3H3. The molecule has 2 rings (SSSR count). The van der Waals surface area contributed by atoms with E-state index in [1.807, 2.05) is 24.3 Å². The number of benzene rings is 2. The first-order valence-electron chi connectivity index (χ1n) is 8.39. The van der Waals surface area contributed by atoms with E-state index in [1.165, 1.54) is 11.6 Å². The third-order valence-corrected chi connectivity index (χ3v) is 4.21.